The Morgan fingerprint density at radius 1 is 0.478 bits per heavy atom. The molecule has 6 nitrogen and oxygen atoms in total. The van der Waals surface area contributed by atoms with Gasteiger partial charge in [0.25, 0.3) is 0 Å². The third-order valence-corrected chi connectivity index (χ3v) is 10.9. The smallest absolute Gasteiger partial charge is 0.306 e. The summed E-state index contributed by atoms with van der Waals surface area (Å²) >= 11 is 0. The van der Waals surface area contributed by atoms with Gasteiger partial charge in [0.05, 0.1) is 0 Å². The van der Waals surface area contributed by atoms with Crippen molar-refractivity contribution in [2.45, 2.75) is 232 Å². The maximum Gasteiger partial charge on any atom is 0.306 e. The average Bonchev–Trinajstić information content (AvgIpc) is 2.91. The summed E-state index contributed by atoms with van der Waals surface area (Å²) in [6, 6.07) is 0. The van der Waals surface area contributed by atoms with E-state index >= 15 is 0 Å². The Bertz CT molecular complexity index is 788. The highest BCUT2D eigenvalue weighted by Gasteiger charge is 2.47. The molecule has 0 radical (unpaired) electrons. The number of nitrogens with zero attached hydrogens (tertiary/aromatic N) is 2. The van der Waals surface area contributed by atoms with Crippen LogP contribution in [0.1, 0.15) is 198 Å². The fourth-order valence-corrected chi connectivity index (χ4v) is 8.96. The standard InChI is InChI=1S/C40H76N2O4/c1-11-13-23-27-41-37(3,4)29-33(30-38(41,5)6)45-35(43)25-21-19-17-15-16-18-20-22-26-36(44)46-34-31-39(7,8)42(28-24-14-12-2)40(9,10)32-34/h33-34H,11-32H2,1-10H3. The topological polar surface area (TPSA) is 59.1 Å². The van der Waals surface area contributed by atoms with Crippen molar-refractivity contribution in [2.24, 2.45) is 0 Å². The van der Waals surface area contributed by atoms with Gasteiger partial charge in [-0.2, -0.15) is 0 Å². The zero-order valence-corrected chi connectivity index (χ0v) is 32.2. The van der Waals surface area contributed by atoms with Crippen molar-refractivity contribution >= 4 is 11.9 Å². The third kappa shape index (κ3) is 13.8. The van der Waals surface area contributed by atoms with Crippen molar-refractivity contribution in [3.8, 4) is 0 Å². The molecule has 2 rings (SSSR count). The molecule has 270 valence electrons. The van der Waals surface area contributed by atoms with Crippen molar-refractivity contribution in [3.63, 3.8) is 0 Å². The Morgan fingerprint density at radius 2 is 0.761 bits per heavy atom. The summed E-state index contributed by atoms with van der Waals surface area (Å²) in [6.07, 6.45) is 21.0. The van der Waals surface area contributed by atoms with Crippen LogP contribution in [0.3, 0.4) is 0 Å². The average molecular weight is 649 g/mol. The Hall–Kier alpha value is -1.14. The van der Waals surface area contributed by atoms with E-state index in [9.17, 15) is 9.59 Å². The molecule has 0 atom stereocenters. The highest BCUT2D eigenvalue weighted by molar-refractivity contribution is 5.69. The monoisotopic (exact) mass is 649 g/mol. The molecular weight excluding hydrogens is 572 g/mol. The SMILES string of the molecule is CCCCCN1C(C)(C)CC(OC(=O)CCCCCCCCCCC(=O)OC2CC(C)(C)N(CCCCC)C(C)(C)C2)CC1(C)C. The van der Waals surface area contributed by atoms with Gasteiger partial charge in [0.2, 0.25) is 0 Å². The van der Waals surface area contributed by atoms with E-state index in [4.69, 9.17) is 9.47 Å². The second-order valence-corrected chi connectivity index (χ2v) is 17.3. The minimum Gasteiger partial charge on any atom is -0.462 e. The first kappa shape index (κ1) is 41.0. The van der Waals surface area contributed by atoms with Crippen LogP contribution in [0, 0.1) is 0 Å². The molecule has 0 aromatic carbocycles. The van der Waals surface area contributed by atoms with Crippen LogP contribution in [0.5, 0.6) is 0 Å². The number of esters is 2. The predicted molar refractivity (Wildman–Crippen MR) is 193 cm³/mol. The van der Waals surface area contributed by atoms with Gasteiger partial charge in [0, 0.05) is 60.7 Å². The molecule has 0 aliphatic carbocycles. The van der Waals surface area contributed by atoms with E-state index in [0.717, 1.165) is 77.3 Å². The van der Waals surface area contributed by atoms with E-state index in [2.05, 4.69) is 79.0 Å². The van der Waals surface area contributed by atoms with Crippen LogP contribution in [0.2, 0.25) is 0 Å². The predicted octanol–water partition coefficient (Wildman–Crippen LogP) is 10.4. The van der Waals surface area contributed by atoms with Crippen molar-refractivity contribution in [3.05, 3.63) is 0 Å². The lowest BCUT2D eigenvalue weighted by Gasteiger charge is -2.55. The number of hydrogen-bond donors (Lipinski definition) is 0. The molecule has 0 N–H and O–H groups in total. The molecule has 2 aliphatic heterocycles. The van der Waals surface area contributed by atoms with Crippen molar-refractivity contribution in [1.82, 2.24) is 9.80 Å². The number of carbonyl (C=O) groups is 2. The molecule has 0 spiro atoms. The van der Waals surface area contributed by atoms with Gasteiger partial charge in [-0.15, -0.1) is 0 Å². The van der Waals surface area contributed by atoms with E-state index in [1.54, 1.807) is 0 Å². The van der Waals surface area contributed by atoms with E-state index in [1.165, 1.54) is 51.4 Å². The largest absolute Gasteiger partial charge is 0.462 e. The number of unbranched alkanes of at least 4 members (excludes halogenated alkanes) is 11. The first-order valence-electron chi connectivity index (χ1n) is 19.5. The van der Waals surface area contributed by atoms with Crippen molar-refractivity contribution in [1.29, 1.82) is 0 Å². The second kappa shape index (κ2) is 19.2. The van der Waals surface area contributed by atoms with Crippen LogP contribution in [-0.2, 0) is 19.1 Å². The van der Waals surface area contributed by atoms with Gasteiger partial charge in [0.15, 0.2) is 0 Å². The number of hydrogen-bond acceptors (Lipinski definition) is 6. The molecule has 2 fully saturated rings. The van der Waals surface area contributed by atoms with Crippen LogP contribution >= 0.6 is 0 Å². The molecule has 2 aliphatic rings. The molecule has 6 heteroatoms. The molecule has 2 heterocycles. The lowest BCUT2D eigenvalue weighted by molar-refractivity contribution is -0.161. The molecule has 0 aromatic heterocycles. The summed E-state index contributed by atoms with van der Waals surface area (Å²) in [6.45, 7) is 25.3. The number of ether oxygens (including phenoxy) is 2. The van der Waals surface area contributed by atoms with Gasteiger partial charge in [-0.25, -0.2) is 0 Å². The first-order chi connectivity index (χ1) is 21.5. The zero-order valence-electron chi connectivity index (χ0n) is 32.2. The Labute approximate surface area is 285 Å². The highest BCUT2D eigenvalue weighted by Crippen LogP contribution is 2.41. The summed E-state index contributed by atoms with van der Waals surface area (Å²) in [5, 5.41) is 0. The fraction of sp³-hybridized carbons (Fsp3) is 0.950. The molecule has 0 aromatic rings. The van der Waals surface area contributed by atoms with Gasteiger partial charge in [-0.3, -0.25) is 19.4 Å². The van der Waals surface area contributed by atoms with E-state index in [-0.39, 0.29) is 46.3 Å². The van der Waals surface area contributed by atoms with Gasteiger partial charge in [-0.05, 0) is 94.2 Å². The molecule has 46 heavy (non-hydrogen) atoms. The lowest BCUT2D eigenvalue weighted by Crippen LogP contribution is -2.62. The maximum atomic E-state index is 12.7. The molecule has 0 unspecified atom stereocenters. The molecule has 0 amide bonds. The lowest BCUT2D eigenvalue weighted by atomic mass is 9.78. The zero-order chi connectivity index (χ0) is 34.4. The molecule has 2 saturated heterocycles. The van der Waals surface area contributed by atoms with Gasteiger partial charge >= 0.3 is 11.9 Å². The van der Waals surface area contributed by atoms with Gasteiger partial charge in [0.1, 0.15) is 12.2 Å². The summed E-state index contributed by atoms with van der Waals surface area (Å²) in [5.41, 5.74) is 0.168. The van der Waals surface area contributed by atoms with Crippen LogP contribution in [0.15, 0.2) is 0 Å². The van der Waals surface area contributed by atoms with Crippen LogP contribution in [-0.4, -0.2) is 69.2 Å². The Kier molecular flexibility index (Phi) is 17.1. The first-order valence-corrected chi connectivity index (χ1v) is 19.5. The number of rotatable bonds is 21. The second-order valence-electron chi connectivity index (χ2n) is 17.3. The Morgan fingerprint density at radius 3 is 1.04 bits per heavy atom. The summed E-state index contributed by atoms with van der Waals surface area (Å²) < 4.78 is 12.0. The minimum atomic E-state index is -0.0208. The molecular formula is C40H76N2O4. The van der Waals surface area contributed by atoms with E-state index in [1.807, 2.05) is 0 Å². The summed E-state index contributed by atoms with van der Waals surface area (Å²) in [7, 11) is 0. The van der Waals surface area contributed by atoms with Crippen LogP contribution in [0.25, 0.3) is 0 Å². The fourth-order valence-electron chi connectivity index (χ4n) is 8.96. The van der Waals surface area contributed by atoms with E-state index in [0.29, 0.717) is 12.8 Å². The molecule has 0 bridgehead atoms. The quantitative estimate of drug-likeness (QED) is 0.0912. The highest BCUT2D eigenvalue weighted by atomic mass is 16.5. The van der Waals surface area contributed by atoms with Crippen LogP contribution in [0.4, 0.5) is 0 Å². The Balaban J connectivity index is 1.54. The van der Waals surface area contributed by atoms with Crippen molar-refractivity contribution < 1.29 is 19.1 Å². The minimum absolute atomic E-state index is 0.0178. The third-order valence-electron chi connectivity index (χ3n) is 10.9. The maximum absolute atomic E-state index is 12.7. The van der Waals surface area contributed by atoms with Gasteiger partial charge < -0.3 is 9.47 Å². The summed E-state index contributed by atoms with van der Waals surface area (Å²) in [4.78, 5) is 30.6. The van der Waals surface area contributed by atoms with Crippen LogP contribution < -0.4 is 0 Å². The normalized spacial score (nSPS) is 21.7. The number of piperidine rings is 2. The number of carbonyl (C=O) groups excluding carboxylic acids is 2. The molecule has 0 saturated carbocycles. The van der Waals surface area contributed by atoms with Gasteiger partial charge in [-0.1, -0.05) is 78.1 Å². The number of likely N-dealkylation sites (tertiary alicyclic amines) is 2. The van der Waals surface area contributed by atoms with E-state index < -0.39 is 0 Å². The van der Waals surface area contributed by atoms with Crippen molar-refractivity contribution in [2.75, 3.05) is 13.1 Å². The summed E-state index contributed by atoms with van der Waals surface area (Å²) in [5.74, 6) is -0.0415.